The SMILES string of the molecule is NC(N)=NCCC[C@H](N)C(=O)N1CCC([C@H](CCc2ccccc2)C(=O)O)[C@]1(C(=O)O)[N+](=O)[O-]. The first-order valence-corrected chi connectivity index (χ1v) is 10.8. The number of hydrogen-bond donors (Lipinski definition) is 5. The number of nitrogens with zero attached hydrogens (tertiary/aromatic N) is 3. The third kappa shape index (κ3) is 5.60. The van der Waals surface area contributed by atoms with Gasteiger partial charge in [-0.05, 0) is 37.7 Å². The van der Waals surface area contributed by atoms with Crippen molar-refractivity contribution in [2.75, 3.05) is 13.1 Å². The number of aryl methyl sites for hydroxylation is 1. The first-order valence-electron chi connectivity index (χ1n) is 10.8. The fourth-order valence-electron chi connectivity index (χ4n) is 4.49. The van der Waals surface area contributed by atoms with Gasteiger partial charge in [0, 0.05) is 13.1 Å². The van der Waals surface area contributed by atoms with E-state index in [1.807, 2.05) is 0 Å². The van der Waals surface area contributed by atoms with Crippen molar-refractivity contribution in [3.63, 3.8) is 0 Å². The Morgan fingerprint density at radius 2 is 1.85 bits per heavy atom. The van der Waals surface area contributed by atoms with Crippen LogP contribution in [0.5, 0.6) is 0 Å². The van der Waals surface area contributed by atoms with Crippen LogP contribution in [0.25, 0.3) is 0 Å². The molecule has 4 atom stereocenters. The number of aliphatic imine (C=N–C) groups is 1. The molecule has 1 aliphatic heterocycles. The van der Waals surface area contributed by atoms with E-state index >= 15 is 0 Å². The van der Waals surface area contributed by atoms with Crippen LogP contribution in [-0.2, 0) is 20.8 Å². The van der Waals surface area contributed by atoms with Crippen molar-refractivity contribution in [2.45, 2.75) is 43.8 Å². The van der Waals surface area contributed by atoms with Crippen molar-refractivity contribution in [1.82, 2.24) is 4.90 Å². The molecule has 1 unspecified atom stereocenters. The minimum absolute atomic E-state index is 0.0283. The van der Waals surface area contributed by atoms with Crippen LogP contribution >= 0.6 is 0 Å². The monoisotopic (exact) mass is 478 g/mol. The van der Waals surface area contributed by atoms with E-state index in [0.717, 1.165) is 5.56 Å². The molecular formula is C21H30N6O7. The van der Waals surface area contributed by atoms with Crippen molar-refractivity contribution in [1.29, 1.82) is 0 Å². The fraction of sp³-hybridized carbons (Fsp3) is 0.524. The quantitative estimate of drug-likeness (QED) is 0.0858. The molecule has 0 radical (unpaired) electrons. The van der Waals surface area contributed by atoms with Crippen molar-refractivity contribution < 1.29 is 29.5 Å². The van der Waals surface area contributed by atoms with Gasteiger partial charge in [-0.15, -0.1) is 0 Å². The summed E-state index contributed by atoms with van der Waals surface area (Å²) >= 11 is 0. The molecule has 1 fully saturated rings. The van der Waals surface area contributed by atoms with Crippen LogP contribution in [0, 0.1) is 22.0 Å². The number of aliphatic carboxylic acids is 2. The highest BCUT2D eigenvalue weighted by Crippen LogP contribution is 2.43. The number of amides is 1. The van der Waals surface area contributed by atoms with E-state index in [9.17, 15) is 34.7 Å². The lowest BCUT2D eigenvalue weighted by Crippen LogP contribution is -2.65. The fourth-order valence-corrected chi connectivity index (χ4v) is 4.49. The van der Waals surface area contributed by atoms with Crippen molar-refractivity contribution >= 4 is 23.8 Å². The largest absolute Gasteiger partial charge is 0.481 e. The van der Waals surface area contributed by atoms with Crippen LogP contribution in [0.4, 0.5) is 0 Å². The van der Waals surface area contributed by atoms with Crippen LogP contribution in [0.15, 0.2) is 35.3 Å². The second kappa shape index (κ2) is 11.4. The van der Waals surface area contributed by atoms with Crippen LogP contribution in [0.3, 0.4) is 0 Å². The number of hydrogen-bond acceptors (Lipinski definition) is 7. The summed E-state index contributed by atoms with van der Waals surface area (Å²) in [6, 6.07) is 7.66. The number of carbonyl (C=O) groups excluding carboxylic acids is 1. The number of likely N-dealkylation sites (tertiary alicyclic amines) is 1. The van der Waals surface area contributed by atoms with Gasteiger partial charge in [0.25, 0.3) is 0 Å². The predicted molar refractivity (Wildman–Crippen MR) is 121 cm³/mol. The molecule has 2 rings (SSSR count). The Bertz CT molecular complexity index is 921. The molecule has 1 aliphatic rings. The topological polar surface area (TPSA) is 228 Å². The second-order valence-corrected chi connectivity index (χ2v) is 8.20. The van der Waals surface area contributed by atoms with Crippen molar-refractivity contribution in [3.05, 3.63) is 46.0 Å². The summed E-state index contributed by atoms with van der Waals surface area (Å²) in [5.41, 5.74) is 14.3. The lowest BCUT2D eigenvalue weighted by Gasteiger charge is -2.33. The van der Waals surface area contributed by atoms with Crippen molar-refractivity contribution in [2.24, 2.45) is 34.0 Å². The van der Waals surface area contributed by atoms with Gasteiger partial charge in [0.05, 0.1) is 22.8 Å². The number of guanidine groups is 1. The van der Waals surface area contributed by atoms with Gasteiger partial charge < -0.3 is 27.4 Å². The zero-order valence-corrected chi connectivity index (χ0v) is 18.6. The average Bonchev–Trinajstić information content (AvgIpc) is 3.18. The molecule has 1 aromatic carbocycles. The Labute approximate surface area is 195 Å². The molecule has 1 heterocycles. The lowest BCUT2D eigenvalue weighted by atomic mass is 9.78. The predicted octanol–water partition coefficient (Wildman–Crippen LogP) is -0.393. The third-order valence-corrected chi connectivity index (χ3v) is 6.13. The summed E-state index contributed by atoms with van der Waals surface area (Å²) in [5, 5.41) is 32.0. The van der Waals surface area contributed by atoms with Gasteiger partial charge in [0.1, 0.15) is 0 Å². The number of carboxylic acid groups (broad SMARTS) is 2. The van der Waals surface area contributed by atoms with Crippen LogP contribution in [0.1, 0.15) is 31.2 Å². The maximum Gasteiger partial charge on any atom is 0.405 e. The molecule has 1 aromatic rings. The van der Waals surface area contributed by atoms with Gasteiger partial charge in [-0.2, -0.15) is 0 Å². The molecule has 1 saturated heterocycles. The van der Waals surface area contributed by atoms with Gasteiger partial charge in [0.2, 0.25) is 5.91 Å². The maximum atomic E-state index is 13.0. The Morgan fingerprint density at radius 1 is 1.21 bits per heavy atom. The van der Waals surface area contributed by atoms with Gasteiger partial charge in [-0.3, -0.25) is 29.6 Å². The number of nitro groups is 1. The molecule has 0 saturated carbocycles. The molecule has 13 nitrogen and oxygen atoms in total. The van der Waals surface area contributed by atoms with Crippen LogP contribution in [0.2, 0.25) is 0 Å². The second-order valence-electron chi connectivity index (χ2n) is 8.20. The number of carboxylic acids is 2. The zero-order chi connectivity index (χ0) is 25.5. The van der Waals surface area contributed by atoms with Gasteiger partial charge >= 0.3 is 17.6 Å². The summed E-state index contributed by atoms with van der Waals surface area (Å²) in [4.78, 5) is 53.0. The minimum atomic E-state index is -2.94. The first kappa shape index (κ1) is 26.5. The molecule has 0 bridgehead atoms. The summed E-state index contributed by atoms with van der Waals surface area (Å²) < 4.78 is 0. The van der Waals surface area contributed by atoms with E-state index in [-0.39, 0.29) is 51.2 Å². The molecule has 0 spiro atoms. The van der Waals surface area contributed by atoms with Crippen LogP contribution < -0.4 is 17.2 Å². The number of rotatable bonds is 12. The van der Waals surface area contributed by atoms with Crippen LogP contribution in [-0.4, -0.2) is 68.6 Å². The molecule has 1 amide bonds. The van der Waals surface area contributed by atoms with Crippen molar-refractivity contribution in [3.8, 4) is 0 Å². The Balaban J connectivity index is 2.31. The average molecular weight is 479 g/mol. The highest BCUT2D eigenvalue weighted by Gasteiger charge is 2.70. The van der Waals surface area contributed by atoms with E-state index in [0.29, 0.717) is 4.90 Å². The Morgan fingerprint density at radius 3 is 2.38 bits per heavy atom. The Hall–Kier alpha value is -3.74. The molecule has 8 N–H and O–H groups in total. The third-order valence-electron chi connectivity index (χ3n) is 6.13. The van der Waals surface area contributed by atoms with Gasteiger partial charge in [0.15, 0.2) is 5.96 Å². The molecular weight excluding hydrogens is 448 g/mol. The smallest absolute Gasteiger partial charge is 0.405 e. The van der Waals surface area contributed by atoms with E-state index < -0.39 is 46.3 Å². The van der Waals surface area contributed by atoms with Gasteiger partial charge in [-0.25, -0.2) is 4.79 Å². The van der Waals surface area contributed by atoms with E-state index in [2.05, 4.69) is 4.99 Å². The number of nitrogens with two attached hydrogens (primary N) is 3. The summed E-state index contributed by atoms with van der Waals surface area (Å²) in [6.45, 7) is -0.126. The number of carbonyl (C=O) groups is 3. The minimum Gasteiger partial charge on any atom is -0.481 e. The standard InChI is InChI=1S/C21H30N6O7/c22-16(7-4-11-25-20(23)24)17(28)26-12-10-15(21(26,19(31)32)27(33)34)14(18(29)30)9-8-13-5-2-1-3-6-13/h1-3,5-6,14-16H,4,7-12,22H2,(H,29,30)(H,31,32)(H4,23,24,25)/t14-,15?,16-,21+/m0/s1. The zero-order valence-electron chi connectivity index (χ0n) is 18.6. The van der Waals surface area contributed by atoms with Gasteiger partial charge in [-0.1, -0.05) is 30.3 Å². The number of benzene rings is 1. The molecule has 0 aromatic heterocycles. The normalized spacial score (nSPS) is 21.4. The summed E-state index contributed by atoms with van der Waals surface area (Å²) in [6.07, 6.45) is 0.431. The lowest BCUT2D eigenvalue weighted by molar-refractivity contribution is -0.586. The summed E-state index contributed by atoms with van der Waals surface area (Å²) in [5.74, 6) is -7.14. The van der Waals surface area contributed by atoms with E-state index in [1.54, 1.807) is 30.3 Å². The Kier molecular flexibility index (Phi) is 8.90. The molecule has 0 aliphatic carbocycles. The molecule has 186 valence electrons. The highest BCUT2D eigenvalue weighted by atomic mass is 16.6. The maximum absolute atomic E-state index is 13.0. The highest BCUT2D eigenvalue weighted by molar-refractivity contribution is 5.90. The molecule has 34 heavy (non-hydrogen) atoms. The summed E-state index contributed by atoms with van der Waals surface area (Å²) in [7, 11) is 0. The van der Waals surface area contributed by atoms with E-state index in [4.69, 9.17) is 17.2 Å². The first-order chi connectivity index (χ1) is 16.0. The molecule has 13 heteroatoms. The van der Waals surface area contributed by atoms with E-state index in [1.165, 1.54) is 0 Å².